The molecule has 3 saturated carbocycles. The minimum Gasteiger partial charge on any atom is -0.350 e. The SMILES string of the molecule is CCC(C)(C)NC(=O)C(C)NC1C2C3CCC(C3)C12. The van der Waals surface area contributed by atoms with Gasteiger partial charge in [0.15, 0.2) is 0 Å². The molecule has 3 rings (SSSR count). The van der Waals surface area contributed by atoms with Crippen molar-refractivity contribution >= 4 is 5.91 Å². The maximum atomic E-state index is 12.2. The predicted molar refractivity (Wildman–Crippen MR) is 76.7 cm³/mol. The van der Waals surface area contributed by atoms with Crippen molar-refractivity contribution in [3.63, 3.8) is 0 Å². The van der Waals surface area contributed by atoms with Crippen LogP contribution in [-0.4, -0.2) is 23.5 Å². The molecule has 3 fully saturated rings. The third kappa shape index (κ3) is 2.31. The topological polar surface area (TPSA) is 41.1 Å². The normalized spacial score (nSPS) is 40.9. The first kappa shape index (κ1) is 13.4. The molecule has 108 valence electrons. The molecule has 0 aliphatic heterocycles. The highest BCUT2D eigenvalue weighted by Crippen LogP contribution is 2.65. The van der Waals surface area contributed by atoms with Gasteiger partial charge in [0.1, 0.15) is 0 Å². The molecular weight excluding hydrogens is 236 g/mol. The number of amides is 1. The van der Waals surface area contributed by atoms with Crippen molar-refractivity contribution in [3.8, 4) is 0 Å². The molecule has 0 aromatic carbocycles. The second kappa shape index (κ2) is 4.47. The molecule has 1 amide bonds. The maximum absolute atomic E-state index is 12.2. The molecule has 5 atom stereocenters. The van der Waals surface area contributed by atoms with Gasteiger partial charge in [-0.25, -0.2) is 0 Å². The molecule has 5 unspecified atom stereocenters. The molecular formula is C16H28N2O. The fourth-order valence-corrected chi connectivity index (χ4v) is 4.44. The van der Waals surface area contributed by atoms with Gasteiger partial charge in [-0.2, -0.15) is 0 Å². The molecule has 0 heterocycles. The highest BCUT2D eigenvalue weighted by Gasteiger charge is 2.65. The van der Waals surface area contributed by atoms with Gasteiger partial charge in [-0.15, -0.1) is 0 Å². The smallest absolute Gasteiger partial charge is 0.237 e. The van der Waals surface area contributed by atoms with E-state index in [4.69, 9.17) is 0 Å². The van der Waals surface area contributed by atoms with Gasteiger partial charge in [0.25, 0.3) is 0 Å². The zero-order chi connectivity index (χ0) is 13.8. The summed E-state index contributed by atoms with van der Waals surface area (Å²) in [7, 11) is 0. The van der Waals surface area contributed by atoms with Gasteiger partial charge in [0, 0.05) is 11.6 Å². The zero-order valence-corrected chi connectivity index (χ0v) is 12.7. The maximum Gasteiger partial charge on any atom is 0.237 e. The van der Waals surface area contributed by atoms with Crippen LogP contribution < -0.4 is 10.6 Å². The number of hydrogen-bond donors (Lipinski definition) is 2. The van der Waals surface area contributed by atoms with Crippen molar-refractivity contribution in [1.82, 2.24) is 10.6 Å². The number of rotatable bonds is 5. The summed E-state index contributed by atoms with van der Waals surface area (Å²) >= 11 is 0. The molecule has 3 heteroatoms. The highest BCUT2D eigenvalue weighted by atomic mass is 16.2. The van der Waals surface area contributed by atoms with Gasteiger partial charge >= 0.3 is 0 Å². The second-order valence-corrected chi connectivity index (χ2v) is 7.63. The summed E-state index contributed by atoms with van der Waals surface area (Å²) in [4.78, 5) is 12.2. The Bertz CT molecular complexity index is 363. The Kier molecular flexibility index (Phi) is 3.16. The average Bonchev–Trinajstić information content (AvgIpc) is 2.75. The van der Waals surface area contributed by atoms with Crippen LogP contribution in [-0.2, 0) is 4.79 Å². The molecule has 0 aromatic heterocycles. The molecule has 3 nitrogen and oxygen atoms in total. The van der Waals surface area contributed by atoms with E-state index in [1.165, 1.54) is 19.3 Å². The number of hydrogen-bond acceptors (Lipinski definition) is 2. The summed E-state index contributed by atoms with van der Waals surface area (Å²) in [5.74, 6) is 3.88. The molecule has 0 aromatic rings. The lowest BCUT2D eigenvalue weighted by atomic mass is 10.0. The van der Waals surface area contributed by atoms with Gasteiger partial charge in [-0.05, 0) is 70.1 Å². The monoisotopic (exact) mass is 264 g/mol. The van der Waals surface area contributed by atoms with E-state index >= 15 is 0 Å². The van der Waals surface area contributed by atoms with Crippen molar-refractivity contribution in [2.24, 2.45) is 23.7 Å². The first-order valence-electron chi connectivity index (χ1n) is 8.01. The lowest BCUT2D eigenvalue weighted by Crippen LogP contribution is -2.51. The first-order valence-corrected chi connectivity index (χ1v) is 8.01. The molecule has 0 radical (unpaired) electrons. The highest BCUT2D eigenvalue weighted by molar-refractivity contribution is 5.82. The van der Waals surface area contributed by atoms with Crippen molar-refractivity contribution in [1.29, 1.82) is 0 Å². The lowest BCUT2D eigenvalue weighted by Gasteiger charge is -2.27. The molecule has 2 N–H and O–H groups in total. The van der Waals surface area contributed by atoms with Crippen LogP contribution in [0.15, 0.2) is 0 Å². The molecule has 3 aliphatic rings. The minimum atomic E-state index is -0.0918. The first-order chi connectivity index (χ1) is 8.93. The summed E-state index contributed by atoms with van der Waals surface area (Å²) in [5, 5.41) is 6.73. The van der Waals surface area contributed by atoms with Crippen LogP contribution in [0.3, 0.4) is 0 Å². The standard InChI is InChI=1S/C16H28N2O/c1-5-16(3,4)18-15(19)9(2)17-14-12-10-6-7-11(8-10)13(12)14/h9-14,17H,5-8H2,1-4H3,(H,18,19). The van der Waals surface area contributed by atoms with E-state index in [-0.39, 0.29) is 17.5 Å². The zero-order valence-electron chi connectivity index (χ0n) is 12.7. The Balaban J connectivity index is 1.50. The van der Waals surface area contributed by atoms with Crippen molar-refractivity contribution in [2.45, 2.75) is 71.0 Å². The molecule has 0 spiro atoms. The third-order valence-corrected chi connectivity index (χ3v) is 5.92. The molecule has 0 saturated heterocycles. The number of fused-ring (bicyclic) bond motifs is 5. The van der Waals surface area contributed by atoms with E-state index in [1.54, 1.807) is 0 Å². The Hall–Kier alpha value is -0.570. The van der Waals surface area contributed by atoms with E-state index < -0.39 is 0 Å². The van der Waals surface area contributed by atoms with Gasteiger partial charge in [-0.1, -0.05) is 6.92 Å². The fraction of sp³-hybridized carbons (Fsp3) is 0.938. The summed E-state index contributed by atoms with van der Waals surface area (Å²) in [5.41, 5.74) is -0.0918. The number of carbonyl (C=O) groups is 1. The minimum absolute atomic E-state index is 0.0548. The van der Waals surface area contributed by atoms with Crippen molar-refractivity contribution in [3.05, 3.63) is 0 Å². The van der Waals surface area contributed by atoms with Crippen LogP contribution in [0, 0.1) is 23.7 Å². The van der Waals surface area contributed by atoms with E-state index in [2.05, 4.69) is 31.4 Å². The van der Waals surface area contributed by atoms with E-state index in [9.17, 15) is 4.79 Å². The van der Waals surface area contributed by atoms with Crippen LogP contribution in [0.4, 0.5) is 0 Å². The van der Waals surface area contributed by atoms with E-state index in [0.717, 1.165) is 30.1 Å². The van der Waals surface area contributed by atoms with Gasteiger partial charge < -0.3 is 10.6 Å². The van der Waals surface area contributed by atoms with Crippen LogP contribution in [0.5, 0.6) is 0 Å². The number of carbonyl (C=O) groups excluding carboxylic acids is 1. The average molecular weight is 264 g/mol. The number of nitrogens with one attached hydrogen (secondary N) is 2. The van der Waals surface area contributed by atoms with Crippen molar-refractivity contribution in [2.75, 3.05) is 0 Å². The summed E-state index contributed by atoms with van der Waals surface area (Å²) in [6, 6.07) is 0.581. The van der Waals surface area contributed by atoms with Gasteiger partial charge in [0.2, 0.25) is 5.91 Å². The van der Waals surface area contributed by atoms with Crippen LogP contribution >= 0.6 is 0 Å². The van der Waals surface area contributed by atoms with E-state index in [0.29, 0.717) is 6.04 Å². The van der Waals surface area contributed by atoms with Crippen LogP contribution in [0.25, 0.3) is 0 Å². The molecule has 3 aliphatic carbocycles. The van der Waals surface area contributed by atoms with Gasteiger partial charge in [0.05, 0.1) is 6.04 Å². The van der Waals surface area contributed by atoms with Crippen LogP contribution in [0.2, 0.25) is 0 Å². The van der Waals surface area contributed by atoms with Crippen molar-refractivity contribution < 1.29 is 4.79 Å². The summed E-state index contributed by atoms with van der Waals surface area (Å²) in [6.45, 7) is 8.30. The lowest BCUT2D eigenvalue weighted by molar-refractivity contribution is -0.124. The quantitative estimate of drug-likeness (QED) is 0.800. The summed E-state index contributed by atoms with van der Waals surface area (Å²) < 4.78 is 0. The van der Waals surface area contributed by atoms with Gasteiger partial charge in [-0.3, -0.25) is 4.79 Å². The second-order valence-electron chi connectivity index (χ2n) is 7.63. The third-order valence-electron chi connectivity index (χ3n) is 5.92. The Labute approximate surface area is 116 Å². The fourth-order valence-electron chi connectivity index (χ4n) is 4.44. The molecule has 2 bridgehead atoms. The predicted octanol–water partition coefficient (Wildman–Crippen LogP) is 2.31. The Morgan fingerprint density at radius 2 is 1.84 bits per heavy atom. The molecule has 19 heavy (non-hydrogen) atoms. The van der Waals surface area contributed by atoms with E-state index in [1.807, 2.05) is 6.92 Å². The largest absolute Gasteiger partial charge is 0.350 e. The Morgan fingerprint density at radius 1 is 1.26 bits per heavy atom. The summed E-state index contributed by atoms with van der Waals surface area (Å²) in [6.07, 6.45) is 5.31. The van der Waals surface area contributed by atoms with Crippen LogP contribution in [0.1, 0.15) is 53.4 Å². The Morgan fingerprint density at radius 3 is 2.37 bits per heavy atom.